The van der Waals surface area contributed by atoms with Gasteiger partial charge in [-0.05, 0) is 29.8 Å². The van der Waals surface area contributed by atoms with Crippen LogP contribution in [-0.2, 0) is 5.72 Å². The number of nitriles is 1. The maximum Gasteiger partial charge on any atom is 0.227 e. The lowest BCUT2D eigenvalue weighted by molar-refractivity contribution is -0.720. The highest BCUT2D eigenvalue weighted by molar-refractivity contribution is 7.84. The molecule has 0 spiro atoms. The summed E-state index contributed by atoms with van der Waals surface area (Å²) >= 11 is 10.8. The van der Waals surface area contributed by atoms with E-state index >= 15 is 0 Å². The largest absolute Gasteiger partial charge is 0.362 e. The molecule has 162 valence electrons. The molecule has 1 aliphatic rings. The molecule has 0 bridgehead atoms. The van der Waals surface area contributed by atoms with Gasteiger partial charge in [-0.15, -0.1) is 12.6 Å². The third kappa shape index (κ3) is 3.65. The molecule has 0 radical (unpaired) electrons. The molecule has 3 atom stereocenters. The third-order valence-electron chi connectivity index (χ3n) is 6.09. The van der Waals surface area contributed by atoms with E-state index in [1.54, 1.807) is 12.4 Å². The highest BCUT2D eigenvalue weighted by atomic mass is 35.5. The van der Waals surface area contributed by atoms with Crippen molar-refractivity contribution in [3.8, 4) is 6.07 Å². The topological polar surface area (TPSA) is 72.8 Å². The predicted octanol–water partition coefficient (Wildman–Crippen LogP) is 4.61. The summed E-state index contributed by atoms with van der Waals surface area (Å²) < 4.78 is 2.00. The fourth-order valence-electron chi connectivity index (χ4n) is 4.65. The molecule has 33 heavy (non-hydrogen) atoms. The average Bonchev–Trinajstić information content (AvgIpc) is 2.84. The molecule has 2 N–H and O–H groups in total. The smallest absolute Gasteiger partial charge is 0.227 e. The Morgan fingerprint density at radius 1 is 1.09 bits per heavy atom. The fourth-order valence-corrected chi connectivity index (χ4v) is 5.19. The summed E-state index contributed by atoms with van der Waals surface area (Å²) in [6, 6.07) is 24.3. The summed E-state index contributed by atoms with van der Waals surface area (Å²) in [7, 11) is 0. The molecule has 1 aliphatic heterocycles. The first-order valence-corrected chi connectivity index (χ1v) is 11.2. The number of aromatic nitrogens is 2. The number of halogens is 1. The minimum Gasteiger partial charge on any atom is -0.362 e. The Bertz CT molecular complexity index is 1400. The van der Waals surface area contributed by atoms with E-state index < -0.39 is 17.7 Å². The van der Waals surface area contributed by atoms with Crippen molar-refractivity contribution in [1.29, 1.82) is 5.26 Å². The Hall–Kier alpha value is -3.37. The van der Waals surface area contributed by atoms with Gasteiger partial charge in [0.25, 0.3) is 0 Å². The zero-order valence-corrected chi connectivity index (χ0v) is 19.1. The van der Waals surface area contributed by atoms with Crippen LogP contribution in [0.5, 0.6) is 0 Å². The molecule has 0 aliphatic carbocycles. The maximum atomic E-state index is 12.3. The zero-order valence-electron chi connectivity index (χ0n) is 17.4. The van der Waals surface area contributed by atoms with Crippen LogP contribution >= 0.6 is 24.2 Å². The predicted molar refractivity (Wildman–Crippen MR) is 130 cm³/mol. The van der Waals surface area contributed by atoms with Crippen LogP contribution in [0.25, 0.3) is 10.9 Å². The second-order valence-electron chi connectivity index (χ2n) is 7.96. The molecule has 0 fully saturated rings. The van der Waals surface area contributed by atoms with Gasteiger partial charge in [0, 0.05) is 40.5 Å². The maximum absolute atomic E-state index is 12.3. The Morgan fingerprint density at radius 2 is 1.91 bits per heavy atom. The van der Waals surface area contributed by atoms with E-state index in [9.17, 15) is 10.4 Å². The van der Waals surface area contributed by atoms with Gasteiger partial charge in [-0.3, -0.25) is 4.98 Å². The summed E-state index contributed by atoms with van der Waals surface area (Å²) in [6.07, 6.45) is 5.33. The molecule has 5 rings (SSSR count). The van der Waals surface area contributed by atoms with Gasteiger partial charge in [0.1, 0.15) is 0 Å². The fraction of sp³-hybridized carbons (Fsp3) is 0.115. The number of benzene rings is 2. The zero-order chi connectivity index (χ0) is 23.0. The highest BCUT2D eigenvalue weighted by Crippen LogP contribution is 2.47. The number of fused-ring (bicyclic) bond motifs is 1. The lowest BCUT2D eigenvalue weighted by Crippen LogP contribution is -2.62. The van der Waals surface area contributed by atoms with E-state index in [-0.39, 0.29) is 0 Å². The van der Waals surface area contributed by atoms with Crippen molar-refractivity contribution in [3.05, 3.63) is 118 Å². The normalized spacial score (nSPS) is 22.6. The number of hydrogen-bond acceptors (Lipinski definition) is 5. The van der Waals surface area contributed by atoms with Gasteiger partial charge < -0.3 is 10.4 Å². The summed E-state index contributed by atoms with van der Waals surface area (Å²) in [5.41, 5.74) is 1.19. The monoisotopic (exact) mass is 471 g/mol. The van der Waals surface area contributed by atoms with Crippen molar-refractivity contribution in [1.82, 2.24) is 10.3 Å². The van der Waals surface area contributed by atoms with Crippen LogP contribution in [0, 0.1) is 11.3 Å². The second-order valence-corrected chi connectivity index (χ2v) is 8.84. The Labute approximate surface area is 202 Å². The number of nitrogens with one attached hydrogen (secondary N) is 1. The van der Waals surface area contributed by atoms with Gasteiger partial charge in [-0.25, -0.2) is 0 Å². The molecule has 2 aromatic heterocycles. The molecule has 4 aromatic rings. The van der Waals surface area contributed by atoms with E-state index in [4.69, 9.17) is 11.6 Å². The highest BCUT2D eigenvalue weighted by Gasteiger charge is 2.56. The summed E-state index contributed by atoms with van der Waals surface area (Å²) in [6.45, 7) is 0. The van der Waals surface area contributed by atoms with E-state index in [0.29, 0.717) is 21.2 Å². The van der Waals surface area contributed by atoms with E-state index in [1.807, 2.05) is 83.6 Å². The number of nitrogens with zero attached hydrogens (tertiary/aromatic N) is 3. The molecule has 5 nitrogen and oxygen atoms in total. The Morgan fingerprint density at radius 3 is 2.64 bits per heavy atom. The minimum atomic E-state index is -1.57. The number of hydrogen-bond donors (Lipinski definition) is 3. The van der Waals surface area contributed by atoms with Crippen molar-refractivity contribution in [2.75, 3.05) is 0 Å². The summed E-state index contributed by atoms with van der Waals surface area (Å²) in [4.78, 5) is 4.29. The molecule has 3 unspecified atom stereocenters. The second kappa shape index (κ2) is 8.53. The Balaban J connectivity index is 1.86. The Kier molecular flexibility index (Phi) is 5.55. The van der Waals surface area contributed by atoms with Crippen molar-refractivity contribution in [3.63, 3.8) is 0 Å². The molecule has 2 aromatic carbocycles. The van der Waals surface area contributed by atoms with Crippen LogP contribution in [0.4, 0.5) is 0 Å². The van der Waals surface area contributed by atoms with Gasteiger partial charge in [0.2, 0.25) is 17.3 Å². The van der Waals surface area contributed by atoms with Crippen LogP contribution in [0.15, 0.2) is 102 Å². The van der Waals surface area contributed by atoms with E-state index in [0.717, 1.165) is 16.5 Å². The van der Waals surface area contributed by atoms with Gasteiger partial charge in [0.05, 0.1) is 22.6 Å². The number of rotatable bonds is 3. The van der Waals surface area contributed by atoms with E-state index in [1.165, 1.54) is 0 Å². The van der Waals surface area contributed by atoms with Gasteiger partial charge in [-0.1, -0.05) is 48.0 Å². The quantitative estimate of drug-likeness (QED) is 0.301. The van der Waals surface area contributed by atoms with Crippen LogP contribution in [0.1, 0.15) is 23.1 Å². The molecule has 0 amide bonds. The molecule has 7 heteroatoms. The number of thiol groups is 1. The molecular formula is C26H20ClN4OS+. The first kappa shape index (κ1) is 21.5. The van der Waals surface area contributed by atoms with Crippen LogP contribution in [0.3, 0.4) is 0 Å². The third-order valence-corrected chi connectivity index (χ3v) is 6.67. The lowest BCUT2D eigenvalue weighted by atomic mass is 9.75. The molecular weight excluding hydrogens is 452 g/mol. The van der Waals surface area contributed by atoms with E-state index in [2.05, 4.69) is 29.0 Å². The van der Waals surface area contributed by atoms with Crippen molar-refractivity contribution in [2.24, 2.45) is 0 Å². The number of allylic oxidation sites excluding steroid dienone is 1. The molecule has 3 heterocycles. The van der Waals surface area contributed by atoms with Crippen molar-refractivity contribution >= 4 is 35.1 Å². The average molecular weight is 472 g/mol. The first-order valence-electron chi connectivity index (χ1n) is 10.4. The minimum absolute atomic E-state index is 0.331. The van der Waals surface area contributed by atoms with Crippen LogP contribution < -0.4 is 9.88 Å². The lowest BCUT2D eigenvalue weighted by Gasteiger charge is -2.42. The van der Waals surface area contributed by atoms with Crippen molar-refractivity contribution < 1.29 is 9.67 Å². The number of pyridine rings is 2. The molecule has 0 saturated heterocycles. The van der Waals surface area contributed by atoms with Crippen LogP contribution in [-0.4, -0.2) is 10.1 Å². The number of aliphatic hydroxyl groups is 1. The van der Waals surface area contributed by atoms with Gasteiger partial charge >= 0.3 is 0 Å². The summed E-state index contributed by atoms with van der Waals surface area (Å²) in [5.74, 6) is -0.520. The van der Waals surface area contributed by atoms with Gasteiger partial charge in [-0.2, -0.15) is 9.83 Å². The first-order chi connectivity index (χ1) is 16.0. The summed E-state index contributed by atoms with van der Waals surface area (Å²) in [5, 5.41) is 27.5. The SMILES string of the molecule is N#CC1=C(S)NC(O)(c2ccccc2)C([n+]2cccc3cc(Cl)ccc32)C1c1cccnc1. The molecule has 0 saturated carbocycles. The van der Waals surface area contributed by atoms with Crippen LogP contribution in [0.2, 0.25) is 5.02 Å². The standard InChI is InChI=1S/C26H19ClN4OS/c27-20-10-11-22-17(14-20)7-5-13-31(22)24-23(18-6-4-12-29-16-18)21(15-28)25(33)30-26(24,32)19-8-2-1-3-9-19/h1-14,16,23-24,30,32H/p+1. The van der Waals surface area contributed by atoms with Gasteiger partial charge in [0.15, 0.2) is 6.20 Å². The van der Waals surface area contributed by atoms with Crippen molar-refractivity contribution in [2.45, 2.75) is 17.7 Å².